The number of aromatic nitrogens is 2. The van der Waals surface area contributed by atoms with Gasteiger partial charge in [0.05, 0.1) is 7.11 Å². The molecule has 2 heterocycles. The van der Waals surface area contributed by atoms with Crippen molar-refractivity contribution in [1.82, 2.24) is 14.7 Å². The molecule has 3 rings (SSSR count). The number of hydrogen-bond acceptors (Lipinski definition) is 5. The van der Waals surface area contributed by atoms with Gasteiger partial charge in [0.1, 0.15) is 11.4 Å². The van der Waals surface area contributed by atoms with Crippen molar-refractivity contribution >= 4 is 17.5 Å². The van der Waals surface area contributed by atoms with Crippen molar-refractivity contribution in [1.29, 1.82) is 0 Å². The summed E-state index contributed by atoms with van der Waals surface area (Å²) in [6.07, 6.45) is 2.43. The highest BCUT2D eigenvalue weighted by Crippen LogP contribution is 2.11. The first-order chi connectivity index (χ1) is 12.6. The zero-order chi connectivity index (χ0) is 18.5. The Morgan fingerprint density at radius 1 is 1.19 bits per heavy atom. The van der Waals surface area contributed by atoms with Gasteiger partial charge in [-0.2, -0.15) is 0 Å². The molecule has 0 aliphatic rings. The molecule has 0 fully saturated rings. The number of carbonyl (C=O) groups excluding carboxylic acids is 2. The molecule has 0 aliphatic heterocycles. The van der Waals surface area contributed by atoms with Crippen LogP contribution in [0.25, 0.3) is 5.65 Å². The van der Waals surface area contributed by atoms with Gasteiger partial charge >= 0.3 is 5.97 Å². The molecular weight excluding hydrogens is 334 g/mol. The van der Waals surface area contributed by atoms with Crippen molar-refractivity contribution in [3.05, 3.63) is 66.1 Å². The lowest BCUT2D eigenvalue weighted by molar-refractivity contribution is -0.129. The minimum atomic E-state index is -0.925. The molecule has 1 amide bonds. The fraction of sp³-hybridized carbons (Fsp3) is 0.211. The average Bonchev–Trinajstić information content (AvgIpc) is 3.10. The third-order valence-corrected chi connectivity index (χ3v) is 3.85. The highest BCUT2D eigenvalue weighted by Gasteiger charge is 2.20. The van der Waals surface area contributed by atoms with Crippen LogP contribution < -0.4 is 10.1 Å². The Kier molecular flexibility index (Phi) is 5.17. The van der Waals surface area contributed by atoms with Crippen LogP contribution in [0.4, 0.5) is 0 Å². The summed E-state index contributed by atoms with van der Waals surface area (Å²) in [5.74, 6) is -0.270. The third kappa shape index (κ3) is 4.00. The molecule has 0 saturated carbocycles. The molecule has 134 valence electrons. The van der Waals surface area contributed by atoms with Gasteiger partial charge in [0.15, 0.2) is 11.8 Å². The third-order valence-electron chi connectivity index (χ3n) is 3.85. The number of carbonyl (C=O) groups is 2. The smallest absolute Gasteiger partial charge is 0.359 e. The van der Waals surface area contributed by atoms with Crippen molar-refractivity contribution in [3.8, 4) is 5.75 Å². The highest BCUT2D eigenvalue weighted by molar-refractivity contribution is 5.91. The summed E-state index contributed by atoms with van der Waals surface area (Å²) in [6, 6.07) is 12.8. The molecule has 2 aromatic heterocycles. The summed E-state index contributed by atoms with van der Waals surface area (Å²) < 4.78 is 12.0. The van der Waals surface area contributed by atoms with Gasteiger partial charge in [0, 0.05) is 18.9 Å². The molecule has 7 heteroatoms. The molecule has 0 radical (unpaired) electrons. The topological polar surface area (TPSA) is 81.9 Å². The zero-order valence-corrected chi connectivity index (χ0v) is 14.5. The molecule has 1 atom stereocenters. The normalized spacial score (nSPS) is 11.8. The van der Waals surface area contributed by atoms with Crippen molar-refractivity contribution in [2.45, 2.75) is 19.6 Å². The second-order valence-electron chi connectivity index (χ2n) is 5.71. The number of rotatable bonds is 6. The summed E-state index contributed by atoms with van der Waals surface area (Å²) in [5.41, 5.74) is 1.71. The van der Waals surface area contributed by atoms with E-state index >= 15 is 0 Å². The summed E-state index contributed by atoms with van der Waals surface area (Å²) in [6.45, 7) is 1.86. The van der Waals surface area contributed by atoms with Crippen LogP contribution in [0.5, 0.6) is 5.75 Å². The number of imidazole rings is 1. The van der Waals surface area contributed by atoms with Crippen molar-refractivity contribution < 1.29 is 19.1 Å². The maximum Gasteiger partial charge on any atom is 0.359 e. The molecule has 7 nitrogen and oxygen atoms in total. The van der Waals surface area contributed by atoms with E-state index in [-0.39, 0.29) is 11.6 Å². The molecule has 0 spiro atoms. The van der Waals surface area contributed by atoms with Crippen LogP contribution in [-0.4, -0.2) is 34.5 Å². The number of methoxy groups -OCH3 is 1. The van der Waals surface area contributed by atoms with E-state index in [4.69, 9.17) is 9.47 Å². The number of fused-ring (bicyclic) bond motifs is 1. The van der Waals surface area contributed by atoms with Crippen LogP contribution in [0.15, 0.2) is 54.9 Å². The first-order valence-electron chi connectivity index (χ1n) is 8.12. The molecule has 1 N–H and O–H groups in total. The SMILES string of the molecule is COc1ccc(CNC(=O)[C@H](C)OC(=O)c2cn3ccccc3n2)cc1. The Morgan fingerprint density at radius 3 is 2.65 bits per heavy atom. The molecule has 3 aromatic rings. The molecule has 0 saturated heterocycles. The number of nitrogens with zero attached hydrogens (tertiary/aromatic N) is 2. The Hall–Kier alpha value is -3.35. The van der Waals surface area contributed by atoms with E-state index in [1.165, 1.54) is 6.92 Å². The Morgan fingerprint density at radius 2 is 1.96 bits per heavy atom. The number of hydrogen-bond donors (Lipinski definition) is 1. The quantitative estimate of drug-likeness (QED) is 0.687. The van der Waals surface area contributed by atoms with Gasteiger partial charge in [-0.15, -0.1) is 0 Å². The van der Waals surface area contributed by atoms with Gasteiger partial charge in [-0.05, 0) is 36.8 Å². The molecule has 0 bridgehead atoms. The van der Waals surface area contributed by atoms with Crippen LogP contribution in [0, 0.1) is 0 Å². The lowest BCUT2D eigenvalue weighted by atomic mass is 10.2. The summed E-state index contributed by atoms with van der Waals surface area (Å²) >= 11 is 0. The summed E-state index contributed by atoms with van der Waals surface area (Å²) in [4.78, 5) is 28.5. The van der Waals surface area contributed by atoms with Crippen molar-refractivity contribution in [2.24, 2.45) is 0 Å². The van der Waals surface area contributed by atoms with Gasteiger partial charge < -0.3 is 19.2 Å². The number of benzene rings is 1. The van der Waals surface area contributed by atoms with Gasteiger partial charge in [-0.3, -0.25) is 4.79 Å². The molecular formula is C19H19N3O4. The fourth-order valence-electron chi connectivity index (χ4n) is 2.38. The van der Waals surface area contributed by atoms with Crippen LogP contribution in [0.1, 0.15) is 23.0 Å². The minimum absolute atomic E-state index is 0.158. The van der Waals surface area contributed by atoms with E-state index in [2.05, 4.69) is 10.3 Å². The maximum atomic E-state index is 12.2. The van der Waals surface area contributed by atoms with Crippen molar-refractivity contribution in [2.75, 3.05) is 7.11 Å². The predicted octanol–water partition coefficient (Wildman–Crippen LogP) is 2.20. The number of ether oxygens (including phenoxy) is 2. The summed E-state index contributed by atoms with van der Waals surface area (Å²) in [7, 11) is 1.59. The predicted molar refractivity (Wildman–Crippen MR) is 94.9 cm³/mol. The van der Waals surface area contributed by atoms with E-state index in [0.717, 1.165) is 11.3 Å². The van der Waals surface area contributed by atoms with Crippen LogP contribution in [0.3, 0.4) is 0 Å². The van der Waals surface area contributed by atoms with Crippen molar-refractivity contribution in [3.63, 3.8) is 0 Å². The first kappa shape index (κ1) is 17.5. The van der Waals surface area contributed by atoms with E-state index in [0.29, 0.717) is 12.2 Å². The van der Waals surface area contributed by atoms with E-state index in [1.54, 1.807) is 30.0 Å². The van der Waals surface area contributed by atoms with Crippen LogP contribution in [0.2, 0.25) is 0 Å². The number of nitrogens with one attached hydrogen (secondary N) is 1. The number of pyridine rings is 1. The minimum Gasteiger partial charge on any atom is -0.497 e. The average molecular weight is 353 g/mol. The second kappa shape index (κ2) is 7.69. The van der Waals surface area contributed by atoms with E-state index in [1.807, 2.05) is 36.4 Å². The van der Waals surface area contributed by atoms with Gasteiger partial charge in [-0.1, -0.05) is 18.2 Å². The molecule has 1 aromatic carbocycles. The van der Waals surface area contributed by atoms with Gasteiger partial charge in [-0.25, -0.2) is 9.78 Å². The molecule has 0 unspecified atom stereocenters. The summed E-state index contributed by atoms with van der Waals surface area (Å²) in [5, 5.41) is 2.74. The van der Waals surface area contributed by atoms with Gasteiger partial charge in [0.25, 0.3) is 5.91 Å². The first-order valence-corrected chi connectivity index (χ1v) is 8.12. The standard InChI is InChI=1S/C19H19N3O4/c1-13(18(23)20-11-14-6-8-15(25-2)9-7-14)26-19(24)16-12-22-10-4-3-5-17(22)21-16/h3-10,12-13H,11H2,1-2H3,(H,20,23)/t13-/m0/s1. The fourth-order valence-corrected chi connectivity index (χ4v) is 2.38. The zero-order valence-electron chi connectivity index (χ0n) is 14.5. The number of esters is 1. The maximum absolute atomic E-state index is 12.2. The lowest BCUT2D eigenvalue weighted by Gasteiger charge is -2.13. The Labute approximate surface area is 150 Å². The molecule has 0 aliphatic carbocycles. The second-order valence-corrected chi connectivity index (χ2v) is 5.71. The lowest BCUT2D eigenvalue weighted by Crippen LogP contribution is -2.35. The highest BCUT2D eigenvalue weighted by atomic mass is 16.5. The monoisotopic (exact) mass is 353 g/mol. The van der Waals surface area contributed by atoms with E-state index in [9.17, 15) is 9.59 Å². The van der Waals surface area contributed by atoms with Crippen LogP contribution >= 0.6 is 0 Å². The molecule has 26 heavy (non-hydrogen) atoms. The van der Waals surface area contributed by atoms with Crippen LogP contribution in [-0.2, 0) is 16.1 Å². The largest absolute Gasteiger partial charge is 0.497 e. The number of amides is 1. The Bertz CT molecular complexity index is 885. The Balaban J connectivity index is 1.55. The van der Waals surface area contributed by atoms with Gasteiger partial charge in [0.2, 0.25) is 0 Å². The van der Waals surface area contributed by atoms with E-state index < -0.39 is 12.1 Å².